The number of benzene rings is 1. The minimum Gasteiger partial charge on any atom is -0.335 e. The predicted octanol–water partition coefficient (Wildman–Crippen LogP) is 5.24. The lowest BCUT2D eigenvalue weighted by Crippen LogP contribution is -2.55. The van der Waals surface area contributed by atoms with Gasteiger partial charge in [0.25, 0.3) is 0 Å². The van der Waals surface area contributed by atoms with Crippen LogP contribution in [0, 0.1) is 6.92 Å². The van der Waals surface area contributed by atoms with Crippen molar-refractivity contribution >= 4 is 30.8 Å². The quantitative estimate of drug-likeness (QED) is 0.639. The summed E-state index contributed by atoms with van der Waals surface area (Å²) in [6.45, 7) is 6.61. The highest BCUT2D eigenvalue weighted by atomic mass is 35.5. The Kier molecular flexibility index (Phi) is 8.65. The number of urea groups is 1. The Bertz CT molecular complexity index is 939. The molecule has 1 aromatic carbocycles. The van der Waals surface area contributed by atoms with Crippen LogP contribution in [-0.2, 0) is 18.5 Å². The lowest BCUT2D eigenvalue weighted by molar-refractivity contribution is 0.103. The van der Waals surface area contributed by atoms with E-state index in [0.717, 1.165) is 69.8 Å². The van der Waals surface area contributed by atoms with Gasteiger partial charge in [-0.05, 0) is 69.0 Å². The summed E-state index contributed by atoms with van der Waals surface area (Å²) in [5.74, 6) is 0. The maximum atomic E-state index is 13.1. The van der Waals surface area contributed by atoms with Crippen LogP contribution in [0.25, 0.3) is 0 Å². The SMILES string of the molecule is Cc1cccc(CN2CCC3(CC2)CN(C(=O)NC2CCCC2)Cc2ccccc23)n1.Cl.Cl. The van der Waals surface area contributed by atoms with Gasteiger partial charge >= 0.3 is 6.03 Å². The molecule has 5 rings (SSSR count). The number of aromatic nitrogens is 1. The van der Waals surface area contributed by atoms with Crippen molar-refractivity contribution in [1.82, 2.24) is 20.1 Å². The average Bonchev–Trinajstić information content (AvgIpc) is 3.28. The maximum Gasteiger partial charge on any atom is 0.317 e. The summed E-state index contributed by atoms with van der Waals surface area (Å²) in [5, 5.41) is 3.32. The van der Waals surface area contributed by atoms with Crippen LogP contribution in [0.3, 0.4) is 0 Å². The topological polar surface area (TPSA) is 48.5 Å². The third kappa shape index (κ3) is 5.64. The number of halogens is 2. The average molecular weight is 492 g/mol. The molecule has 3 aliphatic rings. The maximum absolute atomic E-state index is 13.1. The van der Waals surface area contributed by atoms with Gasteiger partial charge < -0.3 is 10.2 Å². The first kappa shape index (κ1) is 25.8. The van der Waals surface area contributed by atoms with Crippen LogP contribution in [0.1, 0.15) is 61.0 Å². The molecule has 0 unspecified atom stereocenters. The third-order valence-electron chi connectivity index (χ3n) is 7.56. The molecule has 0 radical (unpaired) electrons. The van der Waals surface area contributed by atoms with Gasteiger partial charge in [0.05, 0.1) is 5.69 Å². The van der Waals surface area contributed by atoms with Gasteiger partial charge in [-0.3, -0.25) is 9.88 Å². The monoisotopic (exact) mass is 490 g/mol. The summed E-state index contributed by atoms with van der Waals surface area (Å²) >= 11 is 0. The summed E-state index contributed by atoms with van der Waals surface area (Å²) in [6, 6.07) is 15.6. The molecule has 1 aliphatic carbocycles. The molecule has 1 aromatic heterocycles. The summed E-state index contributed by atoms with van der Waals surface area (Å²) in [7, 11) is 0. The first-order valence-electron chi connectivity index (χ1n) is 11.9. The van der Waals surface area contributed by atoms with Crippen LogP contribution >= 0.6 is 24.8 Å². The van der Waals surface area contributed by atoms with Crippen molar-refractivity contribution < 1.29 is 4.79 Å². The Morgan fingerprint density at radius 3 is 2.52 bits per heavy atom. The van der Waals surface area contributed by atoms with Gasteiger partial charge in [-0.15, -0.1) is 24.8 Å². The molecule has 1 N–H and O–H groups in total. The van der Waals surface area contributed by atoms with E-state index in [1.54, 1.807) is 0 Å². The number of hydrogen-bond acceptors (Lipinski definition) is 3. The van der Waals surface area contributed by atoms with Crippen molar-refractivity contribution in [2.75, 3.05) is 19.6 Å². The number of amides is 2. The fourth-order valence-corrected chi connectivity index (χ4v) is 5.85. The van der Waals surface area contributed by atoms with Gasteiger partial charge in [0.15, 0.2) is 0 Å². The summed E-state index contributed by atoms with van der Waals surface area (Å²) < 4.78 is 0. The van der Waals surface area contributed by atoms with Crippen LogP contribution in [-0.4, -0.2) is 46.5 Å². The molecule has 5 nitrogen and oxygen atoms in total. The Hall–Kier alpha value is -1.82. The van der Waals surface area contributed by atoms with Crippen LogP contribution in [0.2, 0.25) is 0 Å². The molecule has 1 saturated carbocycles. The zero-order chi connectivity index (χ0) is 21.3. The lowest BCUT2D eigenvalue weighted by atomic mass is 9.69. The number of carbonyl (C=O) groups excluding carboxylic acids is 1. The number of likely N-dealkylation sites (tertiary alicyclic amines) is 1. The van der Waals surface area contributed by atoms with Gasteiger partial charge in [-0.1, -0.05) is 43.2 Å². The van der Waals surface area contributed by atoms with E-state index in [9.17, 15) is 4.79 Å². The predicted molar refractivity (Wildman–Crippen MR) is 137 cm³/mol. The first-order chi connectivity index (χ1) is 15.1. The standard InChI is InChI=1S/C26H34N4O.2ClH/c1-20-7-6-11-23(27-20)18-29-15-13-26(14-16-29)19-30(17-21-8-2-5-12-24(21)26)25(31)28-22-9-3-4-10-22;;/h2,5-8,11-12,22H,3-4,9-10,13-19H2,1H3,(H,28,31);2*1H. The number of rotatable bonds is 3. The molecule has 1 saturated heterocycles. The summed E-state index contributed by atoms with van der Waals surface area (Å²) in [6.07, 6.45) is 6.91. The molecule has 0 bridgehead atoms. The Morgan fingerprint density at radius 2 is 1.79 bits per heavy atom. The number of nitrogens with one attached hydrogen (secondary N) is 1. The summed E-state index contributed by atoms with van der Waals surface area (Å²) in [4.78, 5) is 22.4. The van der Waals surface area contributed by atoms with Crippen LogP contribution < -0.4 is 5.32 Å². The van der Waals surface area contributed by atoms with E-state index in [4.69, 9.17) is 0 Å². The molecular weight excluding hydrogens is 455 g/mol. The van der Waals surface area contributed by atoms with Crippen molar-refractivity contribution in [3.8, 4) is 0 Å². The number of fused-ring (bicyclic) bond motifs is 2. The molecule has 180 valence electrons. The highest BCUT2D eigenvalue weighted by Gasteiger charge is 2.43. The molecule has 7 heteroatoms. The number of nitrogens with zero attached hydrogens (tertiary/aromatic N) is 3. The number of hydrogen-bond donors (Lipinski definition) is 1. The van der Waals surface area contributed by atoms with E-state index in [1.807, 2.05) is 0 Å². The van der Waals surface area contributed by atoms with Crippen LogP contribution in [0.4, 0.5) is 4.79 Å². The van der Waals surface area contributed by atoms with Crippen LogP contribution in [0.5, 0.6) is 0 Å². The molecule has 0 atom stereocenters. The van der Waals surface area contributed by atoms with Gasteiger partial charge in [0.1, 0.15) is 0 Å². The number of aryl methyl sites for hydroxylation is 1. The van der Waals surface area contributed by atoms with Gasteiger partial charge in [0.2, 0.25) is 0 Å². The number of piperidine rings is 1. The minimum absolute atomic E-state index is 0. The molecule has 3 heterocycles. The van der Waals surface area contributed by atoms with E-state index >= 15 is 0 Å². The van der Waals surface area contributed by atoms with Crippen molar-refractivity contribution in [3.05, 3.63) is 65.0 Å². The normalized spacial score (nSPS) is 20.0. The van der Waals surface area contributed by atoms with Crippen molar-refractivity contribution in [2.24, 2.45) is 0 Å². The van der Waals surface area contributed by atoms with Gasteiger partial charge in [-0.2, -0.15) is 0 Å². The number of carbonyl (C=O) groups is 1. The van der Waals surface area contributed by atoms with Crippen molar-refractivity contribution in [1.29, 1.82) is 0 Å². The Balaban J connectivity index is 0.00000153. The second kappa shape index (κ2) is 11.1. The van der Waals surface area contributed by atoms with E-state index < -0.39 is 0 Å². The second-order valence-electron chi connectivity index (χ2n) is 9.77. The highest BCUT2D eigenvalue weighted by molar-refractivity contribution is 5.85. The lowest BCUT2D eigenvalue weighted by Gasteiger charge is -2.48. The van der Waals surface area contributed by atoms with E-state index in [-0.39, 0.29) is 36.3 Å². The fourth-order valence-electron chi connectivity index (χ4n) is 5.85. The molecular formula is C26H36Cl2N4O. The molecule has 33 heavy (non-hydrogen) atoms. The largest absolute Gasteiger partial charge is 0.335 e. The van der Waals surface area contributed by atoms with Crippen molar-refractivity contribution in [2.45, 2.75) is 70.0 Å². The summed E-state index contributed by atoms with van der Waals surface area (Å²) in [5.41, 5.74) is 5.09. The van der Waals surface area contributed by atoms with Crippen molar-refractivity contribution in [3.63, 3.8) is 0 Å². The fraction of sp³-hybridized carbons (Fsp3) is 0.538. The Morgan fingerprint density at radius 1 is 1.06 bits per heavy atom. The van der Waals surface area contributed by atoms with Gasteiger partial charge in [0, 0.05) is 36.8 Å². The van der Waals surface area contributed by atoms with E-state index in [0.29, 0.717) is 6.04 Å². The number of pyridine rings is 1. The zero-order valence-corrected chi connectivity index (χ0v) is 21.1. The Labute approximate surface area is 210 Å². The molecule has 2 aromatic rings. The molecule has 2 fully saturated rings. The zero-order valence-electron chi connectivity index (χ0n) is 19.5. The molecule has 2 amide bonds. The third-order valence-corrected chi connectivity index (χ3v) is 7.56. The molecule has 1 spiro atoms. The minimum atomic E-state index is 0. The highest BCUT2D eigenvalue weighted by Crippen LogP contribution is 2.42. The molecule has 2 aliphatic heterocycles. The van der Waals surface area contributed by atoms with Gasteiger partial charge in [-0.25, -0.2) is 4.79 Å². The second-order valence-corrected chi connectivity index (χ2v) is 9.77. The van der Waals surface area contributed by atoms with Crippen LogP contribution in [0.15, 0.2) is 42.5 Å². The smallest absolute Gasteiger partial charge is 0.317 e. The van der Waals surface area contributed by atoms with E-state index in [1.165, 1.54) is 24.0 Å². The van der Waals surface area contributed by atoms with E-state index in [2.05, 4.69) is 69.5 Å². The first-order valence-corrected chi connectivity index (χ1v) is 11.9.